The number of hydrogen-bond donors (Lipinski definition) is 2. The molecule has 0 aliphatic heterocycles. The highest BCUT2D eigenvalue weighted by atomic mass is 16.1. The number of H-pyrrole nitrogens is 1. The van der Waals surface area contributed by atoms with Gasteiger partial charge in [0.05, 0.1) is 0 Å². The minimum Gasteiger partial charge on any atom is -0.330 e. The van der Waals surface area contributed by atoms with E-state index in [2.05, 4.69) is 4.98 Å². The summed E-state index contributed by atoms with van der Waals surface area (Å²) in [5.41, 5.74) is 6.45. The summed E-state index contributed by atoms with van der Waals surface area (Å²) >= 11 is 0. The standard InChI is InChI=1S/C8H12N2O/c1-6(4-9)7-2-3-8(11)10-5-7/h2-3,5-6H,4,9H2,1H3,(H,10,11). The van der Waals surface area contributed by atoms with E-state index < -0.39 is 0 Å². The molecule has 0 aliphatic rings. The number of aromatic amines is 1. The first-order valence-electron chi connectivity index (χ1n) is 3.62. The van der Waals surface area contributed by atoms with Gasteiger partial charge in [-0.1, -0.05) is 13.0 Å². The number of nitrogens with two attached hydrogens (primary N) is 1. The molecule has 3 heteroatoms. The molecule has 1 rings (SSSR count). The first-order valence-corrected chi connectivity index (χ1v) is 3.62. The maximum atomic E-state index is 10.6. The number of rotatable bonds is 2. The summed E-state index contributed by atoms with van der Waals surface area (Å²) < 4.78 is 0. The molecule has 0 saturated carbocycles. The average Bonchev–Trinajstić information content (AvgIpc) is 2.05. The van der Waals surface area contributed by atoms with Gasteiger partial charge in [0.25, 0.3) is 0 Å². The van der Waals surface area contributed by atoms with E-state index in [1.807, 2.05) is 6.92 Å². The SMILES string of the molecule is CC(CN)c1ccc(=O)[nH]c1. The van der Waals surface area contributed by atoms with E-state index in [1.54, 1.807) is 12.3 Å². The molecule has 60 valence electrons. The van der Waals surface area contributed by atoms with Crippen LogP contribution in [0.3, 0.4) is 0 Å². The zero-order valence-corrected chi connectivity index (χ0v) is 6.50. The molecule has 1 unspecified atom stereocenters. The lowest BCUT2D eigenvalue weighted by atomic mass is 10.0. The van der Waals surface area contributed by atoms with E-state index >= 15 is 0 Å². The Labute approximate surface area is 65.2 Å². The lowest BCUT2D eigenvalue weighted by Gasteiger charge is -2.06. The Balaban J connectivity index is 2.89. The van der Waals surface area contributed by atoms with Crippen LogP contribution >= 0.6 is 0 Å². The monoisotopic (exact) mass is 152 g/mol. The molecule has 1 heterocycles. The molecule has 1 aromatic rings. The summed E-state index contributed by atoms with van der Waals surface area (Å²) in [7, 11) is 0. The lowest BCUT2D eigenvalue weighted by Crippen LogP contribution is -2.11. The molecule has 0 saturated heterocycles. The van der Waals surface area contributed by atoms with E-state index in [4.69, 9.17) is 5.73 Å². The van der Waals surface area contributed by atoms with Crippen LogP contribution in [0.25, 0.3) is 0 Å². The third-order valence-electron chi connectivity index (χ3n) is 1.73. The zero-order chi connectivity index (χ0) is 8.27. The molecular weight excluding hydrogens is 140 g/mol. The Kier molecular flexibility index (Phi) is 2.44. The second-order valence-corrected chi connectivity index (χ2v) is 2.62. The predicted octanol–water partition coefficient (Wildman–Crippen LogP) is 0.437. The third-order valence-corrected chi connectivity index (χ3v) is 1.73. The smallest absolute Gasteiger partial charge is 0.247 e. The molecule has 0 amide bonds. The second kappa shape index (κ2) is 3.34. The van der Waals surface area contributed by atoms with Crippen molar-refractivity contribution in [3.63, 3.8) is 0 Å². The number of nitrogens with one attached hydrogen (secondary N) is 1. The van der Waals surface area contributed by atoms with Gasteiger partial charge in [0.1, 0.15) is 0 Å². The fourth-order valence-corrected chi connectivity index (χ4v) is 0.865. The highest BCUT2D eigenvalue weighted by Crippen LogP contribution is 2.09. The lowest BCUT2D eigenvalue weighted by molar-refractivity contribution is 0.768. The van der Waals surface area contributed by atoms with Gasteiger partial charge >= 0.3 is 0 Å². The Morgan fingerprint density at radius 1 is 1.64 bits per heavy atom. The Bertz CT molecular complexity index is 259. The number of hydrogen-bond acceptors (Lipinski definition) is 2. The molecule has 0 bridgehead atoms. The molecule has 11 heavy (non-hydrogen) atoms. The second-order valence-electron chi connectivity index (χ2n) is 2.62. The van der Waals surface area contributed by atoms with Crippen LogP contribution in [0.2, 0.25) is 0 Å². The van der Waals surface area contributed by atoms with Crippen LogP contribution in [0.4, 0.5) is 0 Å². The first-order chi connectivity index (χ1) is 5.24. The van der Waals surface area contributed by atoms with Gasteiger partial charge < -0.3 is 10.7 Å². The van der Waals surface area contributed by atoms with Crippen LogP contribution in [0.5, 0.6) is 0 Å². The van der Waals surface area contributed by atoms with Gasteiger partial charge in [-0.15, -0.1) is 0 Å². The molecule has 0 spiro atoms. The highest BCUT2D eigenvalue weighted by Gasteiger charge is 2.00. The van der Waals surface area contributed by atoms with Crippen molar-refractivity contribution in [1.29, 1.82) is 0 Å². The first kappa shape index (κ1) is 8.01. The van der Waals surface area contributed by atoms with E-state index in [-0.39, 0.29) is 5.56 Å². The summed E-state index contributed by atoms with van der Waals surface area (Å²) in [6.45, 7) is 2.62. The van der Waals surface area contributed by atoms with Gasteiger partial charge in [-0.05, 0) is 18.0 Å². The summed E-state index contributed by atoms with van der Waals surface area (Å²) in [4.78, 5) is 13.2. The molecule has 3 nitrogen and oxygen atoms in total. The van der Waals surface area contributed by atoms with E-state index in [0.29, 0.717) is 12.5 Å². The maximum Gasteiger partial charge on any atom is 0.247 e. The Hall–Kier alpha value is -1.09. The van der Waals surface area contributed by atoms with Gasteiger partial charge in [0.2, 0.25) is 5.56 Å². The fraction of sp³-hybridized carbons (Fsp3) is 0.375. The summed E-state index contributed by atoms with van der Waals surface area (Å²) in [5.74, 6) is 0.312. The van der Waals surface area contributed by atoms with Crippen molar-refractivity contribution in [2.45, 2.75) is 12.8 Å². The summed E-state index contributed by atoms with van der Waals surface area (Å²) in [6, 6.07) is 3.32. The van der Waals surface area contributed by atoms with E-state index in [1.165, 1.54) is 6.07 Å². The summed E-state index contributed by atoms with van der Waals surface area (Å²) in [6.07, 6.45) is 1.71. The van der Waals surface area contributed by atoms with Crippen LogP contribution in [0, 0.1) is 0 Å². The van der Waals surface area contributed by atoms with Crippen molar-refractivity contribution in [2.24, 2.45) is 5.73 Å². The van der Waals surface area contributed by atoms with Crippen LogP contribution in [0.1, 0.15) is 18.4 Å². The number of pyridine rings is 1. The third kappa shape index (κ3) is 1.91. The van der Waals surface area contributed by atoms with Crippen molar-refractivity contribution in [3.05, 3.63) is 34.2 Å². The van der Waals surface area contributed by atoms with E-state index in [0.717, 1.165) is 5.56 Å². The van der Waals surface area contributed by atoms with Crippen LogP contribution in [0.15, 0.2) is 23.1 Å². The number of aromatic nitrogens is 1. The molecule has 3 N–H and O–H groups in total. The molecule has 0 aromatic carbocycles. The Morgan fingerprint density at radius 3 is 2.82 bits per heavy atom. The van der Waals surface area contributed by atoms with Crippen molar-refractivity contribution >= 4 is 0 Å². The van der Waals surface area contributed by atoms with Gasteiger partial charge in [0.15, 0.2) is 0 Å². The molecule has 1 aromatic heterocycles. The minimum absolute atomic E-state index is 0.0713. The van der Waals surface area contributed by atoms with Crippen LogP contribution in [-0.4, -0.2) is 11.5 Å². The van der Waals surface area contributed by atoms with Gasteiger partial charge in [0, 0.05) is 12.3 Å². The average molecular weight is 152 g/mol. The zero-order valence-electron chi connectivity index (χ0n) is 6.50. The fourth-order valence-electron chi connectivity index (χ4n) is 0.865. The molecule has 0 radical (unpaired) electrons. The predicted molar refractivity (Wildman–Crippen MR) is 44.5 cm³/mol. The largest absolute Gasteiger partial charge is 0.330 e. The van der Waals surface area contributed by atoms with Crippen molar-refractivity contribution in [1.82, 2.24) is 4.98 Å². The maximum absolute atomic E-state index is 10.6. The van der Waals surface area contributed by atoms with Crippen LogP contribution < -0.4 is 11.3 Å². The van der Waals surface area contributed by atoms with Crippen molar-refractivity contribution in [2.75, 3.05) is 6.54 Å². The molecule has 0 aliphatic carbocycles. The molecular formula is C8H12N2O. The topological polar surface area (TPSA) is 58.9 Å². The summed E-state index contributed by atoms with van der Waals surface area (Å²) in [5, 5.41) is 0. The van der Waals surface area contributed by atoms with Gasteiger partial charge in [-0.25, -0.2) is 0 Å². The highest BCUT2D eigenvalue weighted by molar-refractivity contribution is 5.13. The van der Waals surface area contributed by atoms with Crippen molar-refractivity contribution in [3.8, 4) is 0 Å². The quantitative estimate of drug-likeness (QED) is 0.646. The van der Waals surface area contributed by atoms with E-state index in [9.17, 15) is 4.79 Å². The van der Waals surface area contributed by atoms with Crippen molar-refractivity contribution < 1.29 is 0 Å². The minimum atomic E-state index is -0.0713. The Morgan fingerprint density at radius 2 is 2.36 bits per heavy atom. The van der Waals surface area contributed by atoms with Gasteiger partial charge in [-0.3, -0.25) is 4.79 Å². The normalized spacial score (nSPS) is 12.9. The molecule has 0 fully saturated rings. The van der Waals surface area contributed by atoms with Crippen LogP contribution in [-0.2, 0) is 0 Å². The van der Waals surface area contributed by atoms with Gasteiger partial charge in [-0.2, -0.15) is 0 Å². The molecule has 1 atom stereocenters.